The zero-order valence-corrected chi connectivity index (χ0v) is 15.4. The quantitative estimate of drug-likeness (QED) is 0.829. The minimum atomic E-state index is -0.967. The fraction of sp³-hybridized carbons (Fsp3) is 0.588. The highest BCUT2D eigenvalue weighted by molar-refractivity contribution is 5.82. The second kappa shape index (κ2) is 7.92. The summed E-state index contributed by atoms with van der Waals surface area (Å²) in [5, 5.41) is 11.2. The van der Waals surface area contributed by atoms with E-state index in [1.54, 1.807) is 41.5 Å². The topological polar surface area (TPSA) is 114 Å². The molecule has 8 nitrogen and oxygen atoms in total. The fourth-order valence-electron chi connectivity index (χ4n) is 1.77. The lowest BCUT2D eigenvalue weighted by atomic mass is 10.1. The van der Waals surface area contributed by atoms with E-state index in [9.17, 15) is 9.59 Å². The van der Waals surface area contributed by atoms with Crippen LogP contribution in [0.25, 0.3) is 0 Å². The third-order valence-corrected chi connectivity index (χ3v) is 2.63. The van der Waals surface area contributed by atoms with Gasteiger partial charge in [0.1, 0.15) is 23.3 Å². The number of rotatable bonds is 4. The number of amides is 1. The van der Waals surface area contributed by atoms with Gasteiger partial charge in [0, 0.05) is 18.8 Å². The number of carbonyl (C=O) groups excluding carboxylic acids is 2. The molecule has 0 aliphatic carbocycles. The Bertz CT molecular complexity index is 651. The molecule has 1 atom stereocenters. The second-order valence-corrected chi connectivity index (χ2v) is 7.46. The first-order valence-electron chi connectivity index (χ1n) is 7.83. The molecule has 1 rings (SSSR count). The number of alkyl carbamates (subject to hydrolysis) is 1. The van der Waals surface area contributed by atoms with Crippen LogP contribution in [0.5, 0.6) is 0 Å². The molecule has 1 aromatic heterocycles. The summed E-state index contributed by atoms with van der Waals surface area (Å²) in [6, 6.07) is 0.849. The van der Waals surface area contributed by atoms with Crippen molar-refractivity contribution in [1.29, 1.82) is 5.26 Å². The van der Waals surface area contributed by atoms with Crippen LogP contribution >= 0.6 is 0 Å². The molecule has 1 aromatic rings. The number of hydrogen-bond acceptors (Lipinski definition) is 7. The van der Waals surface area contributed by atoms with Gasteiger partial charge in [0.15, 0.2) is 0 Å². The second-order valence-electron chi connectivity index (χ2n) is 7.46. The molecule has 1 N–H and O–H groups in total. The summed E-state index contributed by atoms with van der Waals surface area (Å²) in [5.41, 5.74) is -0.822. The van der Waals surface area contributed by atoms with Gasteiger partial charge in [0.2, 0.25) is 5.82 Å². The van der Waals surface area contributed by atoms with Crippen molar-refractivity contribution in [3.63, 3.8) is 0 Å². The number of nitriles is 1. The summed E-state index contributed by atoms with van der Waals surface area (Å²) < 4.78 is 10.5. The maximum Gasteiger partial charge on any atom is 0.408 e. The van der Waals surface area contributed by atoms with E-state index in [4.69, 9.17) is 14.7 Å². The summed E-state index contributed by atoms with van der Waals surface area (Å²) >= 11 is 0. The SMILES string of the molecule is CC(C)(C)OC(=O)N[C@@H](Cc1cnc(C#N)nc1)C(=O)OC(C)(C)C. The van der Waals surface area contributed by atoms with Crippen LogP contribution in [0.4, 0.5) is 4.79 Å². The zero-order valence-electron chi connectivity index (χ0n) is 15.4. The van der Waals surface area contributed by atoms with Crippen molar-refractivity contribution in [2.45, 2.75) is 65.2 Å². The zero-order chi connectivity index (χ0) is 19.3. The minimum absolute atomic E-state index is 0.0256. The van der Waals surface area contributed by atoms with E-state index < -0.39 is 29.3 Å². The van der Waals surface area contributed by atoms with Gasteiger partial charge in [-0.25, -0.2) is 19.6 Å². The van der Waals surface area contributed by atoms with Crippen molar-refractivity contribution in [1.82, 2.24) is 15.3 Å². The Kier molecular flexibility index (Phi) is 6.45. The lowest BCUT2D eigenvalue weighted by Gasteiger charge is -2.26. The van der Waals surface area contributed by atoms with Gasteiger partial charge in [-0.05, 0) is 47.1 Å². The monoisotopic (exact) mass is 348 g/mol. The summed E-state index contributed by atoms with van der Waals surface area (Å²) in [4.78, 5) is 32.1. The molecule has 25 heavy (non-hydrogen) atoms. The standard InChI is InChI=1S/C17H24N4O4/c1-16(2,3)24-14(22)12(21-15(23)25-17(4,5)6)7-11-9-19-13(8-18)20-10-11/h9-10,12H,7H2,1-6H3,(H,21,23)/t12-/m0/s1. The van der Waals surface area contributed by atoms with Crippen LogP contribution < -0.4 is 5.32 Å². The van der Waals surface area contributed by atoms with Crippen LogP contribution in [0.15, 0.2) is 12.4 Å². The van der Waals surface area contributed by atoms with Crippen molar-refractivity contribution >= 4 is 12.1 Å². The number of nitrogens with one attached hydrogen (secondary N) is 1. The highest BCUT2D eigenvalue weighted by Gasteiger charge is 2.29. The van der Waals surface area contributed by atoms with E-state index in [1.807, 2.05) is 6.07 Å². The first kappa shape index (κ1) is 20.4. The van der Waals surface area contributed by atoms with E-state index in [-0.39, 0.29) is 12.2 Å². The smallest absolute Gasteiger partial charge is 0.408 e. The molecule has 0 radical (unpaired) electrons. The van der Waals surface area contributed by atoms with Crippen LogP contribution in [0, 0.1) is 11.3 Å². The number of aromatic nitrogens is 2. The van der Waals surface area contributed by atoms with Gasteiger partial charge in [0.05, 0.1) is 0 Å². The van der Waals surface area contributed by atoms with Crippen LogP contribution in [-0.2, 0) is 20.7 Å². The molecule has 0 aromatic carbocycles. The third kappa shape index (κ3) is 8.11. The molecule has 0 saturated carbocycles. The van der Waals surface area contributed by atoms with Gasteiger partial charge in [0.25, 0.3) is 0 Å². The number of hydrogen-bond donors (Lipinski definition) is 1. The van der Waals surface area contributed by atoms with Gasteiger partial charge in [-0.1, -0.05) is 0 Å². The highest BCUT2D eigenvalue weighted by Crippen LogP contribution is 2.12. The Morgan fingerprint density at radius 2 is 1.64 bits per heavy atom. The molecule has 0 aliphatic rings. The van der Waals surface area contributed by atoms with E-state index in [0.717, 1.165) is 0 Å². The van der Waals surface area contributed by atoms with E-state index in [2.05, 4.69) is 15.3 Å². The fourth-order valence-corrected chi connectivity index (χ4v) is 1.77. The normalized spacial score (nSPS) is 12.7. The van der Waals surface area contributed by atoms with Crippen LogP contribution in [0.3, 0.4) is 0 Å². The minimum Gasteiger partial charge on any atom is -0.458 e. The first-order valence-corrected chi connectivity index (χ1v) is 7.83. The molecule has 0 aliphatic heterocycles. The van der Waals surface area contributed by atoms with Crippen LogP contribution in [-0.4, -0.2) is 39.3 Å². The lowest BCUT2D eigenvalue weighted by Crippen LogP contribution is -2.47. The van der Waals surface area contributed by atoms with Crippen molar-refractivity contribution in [2.24, 2.45) is 0 Å². The van der Waals surface area contributed by atoms with Crippen LogP contribution in [0.1, 0.15) is 52.9 Å². The third-order valence-electron chi connectivity index (χ3n) is 2.63. The summed E-state index contributed by atoms with van der Waals surface area (Å²) in [7, 11) is 0. The van der Waals surface area contributed by atoms with Gasteiger partial charge >= 0.3 is 12.1 Å². The van der Waals surface area contributed by atoms with Gasteiger partial charge in [-0.3, -0.25) is 0 Å². The molecular weight excluding hydrogens is 324 g/mol. The maximum atomic E-state index is 12.4. The number of nitrogens with zero attached hydrogens (tertiary/aromatic N) is 3. The van der Waals surface area contributed by atoms with Crippen molar-refractivity contribution < 1.29 is 19.1 Å². The molecular formula is C17H24N4O4. The molecule has 0 spiro atoms. The van der Waals surface area contributed by atoms with E-state index >= 15 is 0 Å². The summed E-state index contributed by atoms with van der Waals surface area (Å²) in [6.07, 6.45) is 2.25. The maximum absolute atomic E-state index is 12.4. The summed E-state index contributed by atoms with van der Waals surface area (Å²) in [5.74, 6) is -0.569. The Hall–Kier alpha value is -2.69. The highest BCUT2D eigenvalue weighted by atomic mass is 16.6. The van der Waals surface area contributed by atoms with Gasteiger partial charge in [-0.15, -0.1) is 0 Å². The Morgan fingerprint density at radius 3 is 2.08 bits per heavy atom. The van der Waals surface area contributed by atoms with E-state index in [0.29, 0.717) is 5.56 Å². The number of ether oxygens (including phenoxy) is 2. The number of carbonyl (C=O) groups is 2. The van der Waals surface area contributed by atoms with Crippen molar-refractivity contribution in [2.75, 3.05) is 0 Å². The first-order chi connectivity index (χ1) is 11.4. The molecule has 0 bridgehead atoms. The van der Waals surface area contributed by atoms with Gasteiger partial charge in [-0.2, -0.15) is 5.26 Å². The Balaban J connectivity index is 2.91. The van der Waals surface area contributed by atoms with Crippen molar-refractivity contribution in [3.8, 4) is 6.07 Å². The molecule has 1 amide bonds. The van der Waals surface area contributed by atoms with E-state index in [1.165, 1.54) is 12.4 Å². The molecule has 1 heterocycles. The summed E-state index contributed by atoms with van der Waals surface area (Å²) in [6.45, 7) is 10.4. The molecule has 0 unspecified atom stereocenters. The van der Waals surface area contributed by atoms with Crippen LogP contribution in [0.2, 0.25) is 0 Å². The molecule has 136 valence electrons. The predicted molar refractivity (Wildman–Crippen MR) is 89.5 cm³/mol. The Morgan fingerprint density at radius 1 is 1.12 bits per heavy atom. The predicted octanol–water partition coefficient (Wildman–Crippen LogP) is 2.13. The van der Waals surface area contributed by atoms with Gasteiger partial charge < -0.3 is 14.8 Å². The lowest BCUT2D eigenvalue weighted by molar-refractivity contribution is -0.157. The largest absolute Gasteiger partial charge is 0.458 e. The molecule has 0 fully saturated rings. The molecule has 0 saturated heterocycles. The Labute approximate surface area is 147 Å². The average Bonchev–Trinajstić information content (AvgIpc) is 2.43. The average molecular weight is 348 g/mol. The molecule has 8 heteroatoms. The number of esters is 1. The van der Waals surface area contributed by atoms with Crippen molar-refractivity contribution in [3.05, 3.63) is 23.8 Å².